The van der Waals surface area contributed by atoms with E-state index in [9.17, 15) is 22.8 Å². The van der Waals surface area contributed by atoms with E-state index < -0.39 is 31.1 Å². The lowest BCUT2D eigenvalue weighted by Gasteiger charge is -2.18. The number of amides is 3. The van der Waals surface area contributed by atoms with Gasteiger partial charge in [0.25, 0.3) is 0 Å². The number of hydrogen-bond acceptors (Lipinski definition) is 2. The van der Waals surface area contributed by atoms with Crippen LogP contribution in [-0.2, 0) is 4.79 Å². The predicted molar refractivity (Wildman–Crippen MR) is 76.5 cm³/mol. The molecule has 0 aliphatic heterocycles. The van der Waals surface area contributed by atoms with E-state index in [4.69, 9.17) is 0 Å². The molecule has 8 heteroatoms. The third-order valence-electron chi connectivity index (χ3n) is 2.83. The number of halogens is 3. The molecule has 0 fully saturated rings. The predicted octanol–water partition coefficient (Wildman–Crippen LogP) is 2.53. The average Bonchev–Trinajstić information content (AvgIpc) is 2.41. The Morgan fingerprint density at radius 2 is 1.95 bits per heavy atom. The van der Waals surface area contributed by atoms with Crippen LogP contribution < -0.4 is 10.6 Å². The van der Waals surface area contributed by atoms with Gasteiger partial charge in [-0.25, -0.2) is 4.79 Å². The first-order valence-corrected chi connectivity index (χ1v) is 6.59. The largest absolute Gasteiger partial charge is 0.390 e. The first-order chi connectivity index (χ1) is 10.2. The molecular formula is C14H18F3N3O2. The van der Waals surface area contributed by atoms with E-state index in [-0.39, 0.29) is 6.54 Å². The van der Waals surface area contributed by atoms with Crippen LogP contribution in [-0.4, -0.2) is 43.2 Å². The number of carbonyl (C=O) groups is 2. The second kappa shape index (κ2) is 7.67. The number of rotatable bonds is 5. The summed E-state index contributed by atoms with van der Waals surface area (Å²) in [6.45, 7) is 1.05. The Balaban J connectivity index is 2.35. The Labute approximate surface area is 126 Å². The first-order valence-electron chi connectivity index (χ1n) is 6.59. The number of nitrogens with one attached hydrogen (secondary N) is 2. The summed E-state index contributed by atoms with van der Waals surface area (Å²) in [5, 5.41) is 4.84. The monoisotopic (exact) mass is 317 g/mol. The summed E-state index contributed by atoms with van der Waals surface area (Å²) in [7, 11) is 1.26. The molecule has 3 amide bonds. The maximum atomic E-state index is 12.1. The third kappa shape index (κ3) is 6.96. The van der Waals surface area contributed by atoms with Gasteiger partial charge >= 0.3 is 12.2 Å². The van der Waals surface area contributed by atoms with E-state index in [0.717, 1.165) is 10.5 Å². The number of alkyl halides is 3. The van der Waals surface area contributed by atoms with Crippen molar-refractivity contribution in [3.8, 4) is 0 Å². The van der Waals surface area contributed by atoms with Crippen LogP contribution in [0.2, 0.25) is 0 Å². The highest BCUT2D eigenvalue weighted by Crippen LogP contribution is 2.19. The maximum absolute atomic E-state index is 12.1. The molecule has 0 heterocycles. The van der Waals surface area contributed by atoms with E-state index in [1.807, 2.05) is 13.0 Å². The van der Waals surface area contributed by atoms with Crippen LogP contribution in [0.5, 0.6) is 0 Å². The summed E-state index contributed by atoms with van der Waals surface area (Å²) in [5.41, 5.74) is 1.52. The summed E-state index contributed by atoms with van der Waals surface area (Å²) in [6, 6.07) is 6.47. The molecule has 1 aromatic carbocycles. The standard InChI is InChI=1S/C14H18F3N3O2/c1-10-4-3-5-11(8-10)19-13(22)18-9-12(21)20(2)7-6-14(15,16)17/h3-5,8H,6-7,9H2,1-2H3,(H2,18,19,22). The van der Waals surface area contributed by atoms with Gasteiger partial charge in [0.1, 0.15) is 0 Å². The van der Waals surface area contributed by atoms with Crippen molar-refractivity contribution in [1.29, 1.82) is 0 Å². The van der Waals surface area contributed by atoms with Crippen LogP contribution in [0, 0.1) is 6.92 Å². The summed E-state index contributed by atoms with van der Waals surface area (Å²) in [6.07, 6.45) is -5.39. The number of anilines is 1. The van der Waals surface area contributed by atoms with Gasteiger partial charge in [-0.2, -0.15) is 13.2 Å². The maximum Gasteiger partial charge on any atom is 0.390 e. The molecule has 0 atom stereocenters. The molecule has 1 rings (SSSR count). The van der Waals surface area contributed by atoms with Crippen LogP contribution in [0.15, 0.2) is 24.3 Å². The van der Waals surface area contributed by atoms with Gasteiger partial charge in [-0.15, -0.1) is 0 Å². The molecule has 0 spiro atoms. The molecule has 0 bridgehead atoms. The van der Waals surface area contributed by atoms with Crippen LogP contribution >= 0.6 is 0 Å². The number of carbonyl (C=O) groups excluding carboxylic acids is 2. The second-order valence-electron chi connectivity index (χ2n) is 4.86. The van der Waals surface area contributed by atoms with Crippen LogP contribution in [0.25, 0.3) is 0 Å². The lowest BCUT2D eigenvalue weighted by atomic mass is 10.2. The van der Waals surface area contributed by atoms with Crippen LogP contribution in [0.3, 0.4) is 0 Å². The molecule has 122 valence electrons. The molecule has 0 aliphatic rings. The molecule has 22 heavy (non-hydrogen) atoms. The van der Waals surface area contributed by atoms with E-state index in [1.54, 1.807) is 18.2 Å². The van der Waals surface area contributed by atoms with Crippen molar-refractivity contribution in [2.75, 3.05) is 25.5 Å². The topological polar surface area (TPSA) is 61.4 Å². The second-order valence-corrected chi connectivity index (χ2v) is 4.86. The third-order valence-corrected chi connectivity index (χ3v) is 2.83. The van der Waals surface area contributed by atoms with E-state index in [2.05, 4.69) is 10.6 Å². The molecule has 5 nitrogen and oxygen atoms in total. The minimum absolute atomic E-state index is 0.369. The van der Waals surface area contributed by atoms with Gasteiger partial charge in [0.15, 0.2) is 0 Å². The highest BCUT2D eigenvalue weighted by atomic mass is 19.4. The van der Waals surface area contributed by atoms with Gasteiger partial charge in [-0.1, -0.05) is 12.1 Å². The molecule has 2 N–H and O–H groups in total. The molecule has 0 saturated heterocycles. The van der Waals surface area contributed by atoms with Crippen molar-refractivity contribution in [3.05, 3.63) is 29.8 Å². The molecule has 0 aliphatic carbocycles. The molecular weight excluding hydrogens is 299 g/mol. The van der Waals surface area contributed by atoms with Crippen molar-refractivity contribution in [2.24, 2.45) is 0 Å². The summed E-state index contributed by atoms with van der Waals surface area (Å²) in [4.78, 5) is 24.1. The highest BCUT2D eigenvalue weighted by Gasteiger charge is 2.28. The Hall–Kier alpha value is -2.25. The SMILES string of the molecule is Cc1cccc(NC(=O)NCC(=O)N(C)CCC(F)(F)F)c1. The Morgan fingerprint density at radius 1 is 1.27 bits per heavy atom. The fourth-order valence-corrected chi connectivity index (χ4v) is 1.61. The zero-order valence-corrected chi connectivity index (χ0v) is 12.3. The molecule has 1 aromatic rings. The van der Waals surface area contributed by atoms with Crippen molar-refractivity contribution < 1.29 is 22.8 Å². The van der Waals surface area contributed by atoms with Gasteiger partial charge in [-0.05, 0) is 24.6 Å². The number of hydrogen-bond donors (Lipinski definition) is 2. The first kappa shape index (κ1) is 17.8. The smallest absolute Gasteiger partial charge is 0.344 e. The van der Waals surface area contributed by atoms with E-state index in [0.29, 0.717) is 5.69 Å². The summed E-state index contributed by atoms with van der Waals surface area (Å²) < 4.78 is 36.2. The fraction of sp³-hybridized carbons (Fsp3) is 0.429. The number of aryl methyl sites for hydroxylation is 1. The van der Waals surface area contributed by atoms with Crippen molar-refractivity contribution in [2.45, 2.75) is 19.5 Å². The van der Waals surface area contributed by atoms with E-state index >= 15 is 0 Å². The van der Waals surface area contributed by atoms with Crippen molar-refractivity contribution in [3.63, 3.8) is 0 Å². The Morgan fingerprint density at radius 3 is 2.55 bits per heavy atom. The number of benzene rings is 1. The summed E-state index contributed by atoms with van der Waals surface area (Å²) >= 11 is 0. The minimum atomic E-state index is -4.31. The van der Waals surface area contributed by atoms with Crippen molar-refractivity contribution in [1.82, 2.24) is 10.2 Å². The summed E-state index contributed by atoms with van der Waals surface area (Å²) in [5.74, 6) is -0.594. The number of urea groups is 1. The van der Waals surface area contributed by atoms with Crippen LogP contribution in [0.1, 0.15) is 12.0 Å². The molecule has 0 unspecified atom stereocenters. The quantitative estimate of drug-likeness (QED) is 0.876. The number of nitrogens with zero attached hydrogens (tertiary/aromatic N) is 1. The van der Waals surface area contributed by atoms with E-state index in [1.165, 1.54) is 7.05 Å². The highest BCUT2D eigenvalue weighted by molar-refractivity contribution is 5.92. The average molecular weight is 317 g/mol. The molecule has 0 radical (unpaired) electrons. The van der Waals surface area contributed by atoms with Gasteiger partial charge in [0.2, 0.25) is 5.91 Å². The Kier molecular flexibility index (Phi) is 6.21. The fourth-order valence-electron chi connectivity index (χ4n) is 1.61. The lowest BCUT2D eigenvalue weighted by molar-refractivity contribution is -0.143. The zero-order valence-electron chi connectivity index (χ0n) is 12.3. The molecule has 0 aromatic heterocycles. The normalized spacial score (nSPS) is 11.0. The van der Waals surface area contributed by atoms with Gasteiger partial charge in [0, 0.05) is 19.3 Å². The zero-order chi connectivity index (χ0) is 16.8. The van der Waals surface area contributed by atoms with Crippen LogP contribution in [0.4, 0.5) is 23.7 Å². The lowest BCUT2D eigenvalue weighted by Crippen LogP contribution is -2.40. The minimum Gasteiger partial charge on any atom is -0.344 e. The molecule has 0 saturated carbocycles. The van der Waals surface area contributed by atoms with Crippen molar-refractivity contribution >= 4 is 17.6 Å². The Bertz CT molecular complexity index is 532. The van der Waals surface area contributed by atoms with Gasteiger partial charge < -0.3 is 15.5 Å². The number of likely N-dealkylation sites (N-methyl/N-ethyl adjacent to an activating group) is 1. The van der Waals surface area contributed by atoms with Gasteiger partial charge in [0.05, 0.1) is 13.0 Å². The van der Waals surface area contributed by atoms with Gasteiger partial charge in [-0.3, -0.25) is 4.79 Å².